The summed E-state index contributed by atoms with van der Waals surface area (Å²) in [6, 6.07) is 15.6. The van der Waals surface area contributed by atoms with Crippen LogP contribution >= 0.6 is 0 Å². The molecule has 0 saturated heterocycles. The minimum atomic E-state index is -0.425. The van der Waals surface area contributed by atoms with E-state index in [1.165, 1.54) is 12.3 Å². The first-order valence-electron chi connectivity index (χ1n) is 8.84. The maximum Gasteiger partial charge on any atom is 0.274 e. The van der Waals surface area contributed by atoms with Crippen molar-refractivity contribution in [3.8, 4) is 5.75 Å². The lowest BCUT2D eigenvalue weighted by Crippen LogP contribution is -2.24. The van der Waals surface area contributed by atoms with Crippen molar-refractivity contribution in [3.05, 3.63) is 83.9 Å². The topological polar surface area (TPSA) is 93.2 Å². The average Bonchev–Trinajstić information content (AvgIpc) is 2.74. The Labute approximate surface area is 162 Å². The summed E-state index contributed by atoms with van der Waals surface area (Å²) in [6.45, 7) is 2.65. The van der Waals surface area contributed by atoms with Crippen molar-refractivity contribution < 1.29 is 14.3 Å². The van der Waals surface area contributed by atoms with Crippen LogP contribution in [0.3, 0.4) is 0 Å². The quantitative estimate of drug-likeness (QED) is 0.661. The number of carbonyl (C=O) groups excluding carboxylic acids is 2. The van der Waals surface area contributed by atoms with Crippen molar-refractivity contribution >= 4 is 17.5 Å². The van der Waals surface area contributed by atoms with Gasteiger partial charge in [0.05, 0.1) is 24.5 Å². The van der Waals surface area contributed by atoms with Gasteiger partial charge in [0, 0.05) is 18.0 Å². The Hall–Kier alpha value is -3.74. The van der Waals surface area contributed by atoms with Crippen LogP contribution in [-0.2, 0) is 6.54 Å². The van der Waals surface area contributed by atoms with Gasteiger partial charge in [0.2, 0.25) is 0 Å². The second-order valence-corrected chi connectivity index (χ2v) is 5.82. The highest BCUT2D eigenvalue weighted by Crippen LogP contribution is 2.24. The van der Waals surface area contributed by atoms with Crippen LogP contribution in [0.4, 0.5) is 5.69 Å². The molecule has 7 heteroatoms. The van der Waals surface area contributed by atoms with E-state index in [0.29, 0.717) is 30.2 Å². The summed E-state index contributed by atoms with van der Waals surface area (Å²) in [7, 11) is 0. The molecular formula is C21H20N4O3. The van der Waals surface area contributed by atoms with Gasteiger partial charge in [-0.05, 0) is 43.3 Å². The minimum Gasteiger partial charge on any atom is -0.492 e. The molecule has 0 radical (unpaired) electrons. The number of hydrogen-bond acceptors (Lipinski definition) is 5. The first kappa shape index (κ1) is 19.0. The Bertz CT molecular complexity index is 961. The fourth-order valence-corrected chi connectivity index (χ4v) is 2.51. The summed E-state index contributed by atoms with van der Waals surface area (Å²) < 4.78 is 5.50. The van der Waals surface area contributed by atoms with E-state index in [-0.39, 0.29) is 11.6 Å². The highest BCUT2D eigenvalue weighted by molar-refractivity contribution is 6.05. The van der Waals surface area contributed by atoms with Crippen LogP contribution in [0, 0.1) is 0 Å². The first-order chi connectivity index (χ1) is 13.7. The van der Waals surface area contributed by atoms with Gasteiger partial charge in [-0.2, -0.15) is 0 Å². The van der Waals surface area contributed by atoms with E-state index < -0.39 is 5.91 Å². The van der Waals surface area contributed by atoms with Gasteiger partial charge < -0.3 is 15.4 Å². The van der Waals surface area contributed by atoms with E-state index in [4.69, 9.17) is 4.74 Å². The van der Waals surface area contributed by atoms with E-state index in [2.05, 4.69) is 20.6 Å². The maximum absolute atomic E-state index is 12.6. The number of ether oxygens (including phenoxy) is 1. The van der Waals surface area contributed by atoms with Crippen molar-refractivity contribution in [2.24, 2.45) is 0 Å². The van der Waals surface area contributed by atoms with Crippen LogP contribution in [0.2, 0.25) is 0 Å². The molecule has 0 unspecified atom stereocenters. The molecule has 1 aromatic carbocycles. The third-order valence-corrected chi connectivity index (χ3v) is 3.85. The smallest absolute Gasteiger partial charge is 0.274 e. The third-order valence-electron chi connectivity index (χ3n) is 3.85. The van der Waals surface area contributed by atoms with Crippen molar-refractivity contribution in [2.45, 2.75) is 13.5 Å². The Morgan fingerprint density at radius 3 is 2.57 bits per heavy atom. The molecule has 3 rings (SSSR count). The van der Waals surface area contributed by atoms with Crippen LogP contribution in [0.25, 0.3) is 0 Å². The van der Waals surface area contributed by atoms with Gasteiger partial charge >= 0.3 is 0 Å². The number of aromatic nitrogens is 2. The summed E-state index contributed by atoms with van der Waals surface area (Å²) >= 11 is 0. The second kappa shape index (κ2) is 9.27. The number of para-hydroxylation sites is 2. The molecule has 0 spiro atoms. The number of amides is 2. The predicted octanol–water partition coefficient (Wildman–Crippen LogP) is 3.06. The minimum absolute atomic E-state index is 0.136. The van der Waals surface area contributed by atoms with Crippen LogP contribution in [0.1, 0.15) is 33.5 Å². The van der Waals surface area contributed by atoms with Crippen molar-refractivity contribution in [1.29, 1.82) is 0 Å². The zero-order valence-corrected chi connectivity index (χ0v) is 15.4. The van der Waals surface area contributed by atoms with Crippen LogP contribution < -0.4 is 15.4 Å². The molecule has 28 heavy (non-hydrogen) atoms. The molecule has 2 aromatic heterocycles. The molecular weight excluding hydrogens is 356 g/mol. The van der Waals surface area contributed by atoms with Gasteiger partial charge in [0.15, 0.2) is 0 Å². The maximum atomic E-state index is 12.6. The molecule has 0 aliphatic heterocycles. The molecule has 0 bridgehead atoms. The molecule has 2 heterocycles. The molecule has 0 aliphatic rings. The Balaban J connectivity index is 1.68. The van der Waals surface area contributed by atoms with Gasteiger partial charge in [-0.15, -0.1) is 0 Å². The van der Waals surface area contributed by atoms with Crippen LogP contribution in [0.5, 0.6) is 5.75 Å². The summed E-state index contributed by atoms with van der Waals surface area (Å²) in [5, 5.41) is 5.54. The zero-order valence-electron chi connectivity index (χ0n) is 15.4. The summed E-state index contributed by atoms with van der Waals surface area (Å²) in [6.07, 6.45) is 3.09. The van der Waals surface area contributed by atoms with E-state index in [9.17, 15) is 9.59 Å². The molecule has 2 N–H and O–H groups in total. The molecule has 3 aromatic rings. The Kier molecular flexibility index (Phi) is 6.30. The van der Waals surface area contributed by atoms with E-state index >= 15 is 0 Å². The standard InChI is InChI=1S/C21H20N4O3/c1-2-28-19-9-4-3-8-17(19)25-21(27)18-13-15(10-12-23-18)20(26)24-14-16-7-5-6-11-22-16/h3-13H,2,14H2,1H3,(H,24,26)(H,25,27). The molecule has 2 amide bonds. The van der Waals surface area contributed by atoms with Crippen LogP contribution in [-0.4, -0.2) is 28.4 Å². The Morgan fingerprint density at radius 2 is 1.79 bits per heavy atom. The van der Waals surface area contributed by atoms with Crippen LogP contribution in [0.15, 0.2) is 67.0 Å². The number of rotatable bonds is 7. The molecule has 0 aliphatic carbocycles. The SMILES string of the molecule is CCOc1ccccc1NC(=O)c1cc(C(=O)NCc2ccccn2)ccn1. The molecule has 0 atom stereocenters. The highest BCUT2D eigenvalue weighted by Gasteiger charge is 2.14. The normalized spacial score (nSPS) is 10.2. The lowest BCUT2D eigenvalue weighted by Gasteiger charge is -2.11. The van der Waals surface area contributed by atoms with E-state index in [1.807, 2.05) is 31.2 Å². The van der Waals surface area contributed by atoms with E-state index in [0.717, 1.165) is 5.69 Å². The predicted molar refractivity (Wildman–Crippen MR) is 105 cm³/mol. The summed E-state index contributed by atoms with van der Waals surface area (Å²) in [5.41, 5.74) is 1.77. The number of nitrogens with one attached hydrogen (secondary N) is 2. The first-order valence-corrected chi connectivity index (χ1v) is 8.84. The molecule has 0 saturated carbocycles. The van der Waals surface area contributed by atoms with Gasteiger partial charge in [-0.1, -0.05) is 18.2 Å². The second-order valence-electron chi connectivity index (χ2n) is 5.82. The lowest BCUT2D eigenvalue weighted by atomic mass is 10.2. The Morgan fingerprint density at radius 1 is 0.964 bits per heavy atom. The fourth-order valence-electron chi connectivity index (χ4n) is 2.51. The molecule has 7 nitrogen and oxygen atoms in total. The largest absolute Gasteiger partial charge is 0.492 e. The fraction of sp³-hybridized carbons (Fsp3) is 0.143. The number of benzene rings is 1. The molecule has 0 fully saturated rings. The zero-order chi connectivity index (χ0) is 19.8. The highest BCUT2D eigenvalue weighted by atomic mass is 16.5. The van der Waals surface area contributed by atoms with Gasteiger partial charge in [0.1, 0.15) is 11.4 Å². The van der Waals surface area contributed by atoms with Gasteiger partial charge in [-0.3, -0.25) is 19.6 Å². The van der Waals surface area contributed by atoms with Crippen molar-refractivity contribution in [1.82, 2.24) is 15.3 Å². The lowest BCUT2D eigenvalue weighted by molar-refractivity contribution is 0.0950. The van der Waals surface area contributed by atoms with E-state index in [1.54, 1.807) is 30.5 Å². The monoisotopic (exact) mass is 376 g/mol. The van der Waals surface area contributed by atoms with Crippen molar-refractivity contribution in [2.75, 3.05) is 11.9 Å². The average molecular weight is 376 g/mol. The van der Waals surface area contributed by atoms with Crippen molar-refractivity contribution in [3.63, 3.8) is 0 Å². The van der Waals surface area contributed by atoms with Gasteiger partial charge in [-0.25, -0.2) is 0 Å². The number of nitrogens with zero attached hydrogens (tertiary/aromatic N) is 2. The number of carbonyl (C=O) groups is 2. The number of anilines is 1. The number of pyridine rings is 2. The number of hydrogen-bond donors (Lipinski definition) is 2. The molecule has 142 valence electrons. The summed E-state index contributed by atoms with van der Waals surface area (Å²) in [4.78, 5) is 33.1. The third kappa shape index (κ3) is 4.91. The van der Waals surface area contributed by atoms with Gasteiger partial charge in [0.25, 0.3) is 11.8 Å². The summed E-state index contributed by atoms with van der Waals surface area (Å²) in [5.74, 6) is -0.161.